The number of ether oxygens (including phenoxy) is 1. The molecule has 1 aliphatic rings. The summed E-state index contributed by atoms with van der Waals surface area (Å²) in [6.07, 6.45) is 4.84. The number of likely N-dealkylation sites (tertiary alicyclic amines) is 1. The van der Waals surface area contributed by atoms with Gasteiger partial charge in [-0.05, 0) is 75.1 Å². The first-order chi connectivity index (χ1) is 16.7. The first kappa shape index (κ1) is 26.6. The molecule has 1 fully saturated rings. The smallest absolute Gasteiger partial charge is 0.330 e. The number of aryl methyl sites for hydroxylation is 1. The molecule has 1 heterocycles. The van der Waals surface area contributed by atoms with Crippen LogP contribution < -0.4 is 10.0 Å². The number of hydrogen-bond acceptors (Lipinski definition) is 6. The topological polar surface area (TPSA) is 105 Å². The maximum Gasteiger partial charge on any atom is 0.330 e. The van der Waals surface area contributed by atoms with Gasteiger partial charge in [-0.3, -0.25) is 9.69 Å². The van der Waals surface area contributed by atoms with E-state index in [1.807, 2.05) is 19.1 Å². The quantitative estimate of drug-likeness (QED) is 0.384. The average molecular weight is 500 g/mol. The molecule has 2 aromatic rings. The Morgan fingerprint density at radius 2 is 1.83 bits per heavy atom. The molecular weight excluding hydrogens is 466 g/mol. The molecular formula is C26H33N3O5S. The number of nitrogens with one attached hydrogen (secondary N) is 2. The lowest BCUT2D eigenvalue weighted by Gasteiger charge is -2.32. The Bertz CT molecular complexity index is 1130. The van der Waals surface area contributed by atoms with Gasteiger partial charge in [0.05, 0.1) is 18.0 Å². The molecule has 0 radical (unpaired) electrons. The highest BCUT2D eigenvalue weighted by molar-refractivity contribution is 7.89. The van der Waals surface area contributed by atoms with E-state index in [1.54, 1.807) is 49.4 Å². The number of hydrogen-bond donors (Lipinski definition) is 2. The van der Waals surface area contributed by atoms with E-state index in [0.717, 1.165) is 30.5 Å². The number of rotatable bonds is 10. The Kier molecular flexibility index (Phi) is 9.59. The number of carbonyl (C=O) groups is 2. The lowest BCUT2D eigenvalue weighted by atomic mass is 9.98. The molecule has 0 saturated carbocycles. The predicted octanol–water partition coefficient (Wildman–Crippen LogP) is 3.20. The summed E-state index contributed by atoms with van der Waals surface area (Å²) < 4.78 is 32.7. The van der Waals surface area contributed by atoms with Gasteiger partial charge < -0.3 is 10.1 Å². The van der Waals surface area contributed by atoms with Gasteiger partial charge >= 0.3 is 5.97 Å². The monoisotopic (exact) mass is 499 g/mol. The maximum atomic E-state index is 12.6. The highest BCUT2D eigenvalue weighted by Gasteiger charge is 2.24. The summed E-state index contributed by atoms with van der Waals surface area (Å²) >= 11 is 0. The van der Waals surface area contributed by atoms with Crippen molar-refractivity contribution in [1.82, 2.24) is 9.62 Å². The van der Waals surface area contributed by atoms with E-state index in [1.165, 1.54) is 6.08 Å². The molecule has 1 aliphatic heterocycles. The Hall–Kier alpha value is -3.01. The van der Waals surface area contributed by atoms with E-state index in [4.69, 9.17) is 4.74 Å². The van der Waals surface area contributed by atoms with Crippen LogP contribution in [0.25, 0.3) is 6.08 Å². The van der Waals surface area contributed by atoms with Crippen LogP contribution in [0, 0.1) is 12.8 Å². The molecule has 2 aromatic carbocycles. The zero-order valence-electron chi connectivity index (χ0n) is 20.2. The minimum Gasteiger partial charge on any atom is -0.463 e. The fraction of sp³-hybridized carbons (Fsp3) is 0.385. The van der Waals surface area contributed by atoms with Crippen molar-refractivity contribution < 1.29 is 22.7 Å². The lowest BCUT2D eigenvalue weighted by Crippen LogP contribution is -2.43. The second-order valence-corrected chi connectivity index (χ2v) is 10.4. The van der Waals surface area contributed by atoms with Crippen LogP contribution >= 0.6 is 0 Å². The first-order valence-corrected chi connectivity index (χ1v) is 13.3. The molecule has 1 amide bonds. The van der Waals surface area contributed by atoms with Crippen LogP contribution in [-0.4, -0.2) is 58.0 Å². The predicted molar refractivity (Wildman–Crippen MR) is 136 cm³/mol. The zero-order chi connectivity index (χ0) is 25.3. The van der Waals surface area contributed by atoms with E-state index < -0.39 is 16.0 Å². The van der Waals surface area contributed by atoms with Gasteiger partial charge in [0.15, 0.2) is 0 Å². The van der Waals surface area contributed by atoms with Crippen molar-refractivity contribution in [2.24, 2.45) is 5.92 Å². The van der Waals surface area contributed by atoms with Gasteiger partial charge in [0.1, 0.15) is 0 Å². The minimum absolute atomic E-state index is 0.124. The Morgan fingerprint density at radius 3 is 2.51 bits per heavy atom. The molecule has 35 heavy (non-hydrogen) atoms. The number of amides is 1. The summed E-state index contributed by atoms with van der Waals surface area (Å²) in [6, 6.07) is 14.0. The second-order valence-electron chi connectivity index (χ2n) is 8.66. The molecule has 0 spiro atoms. The van der Waals surface area contributed by atoms with Crippen LogP contribution in [0.2, 0.25) is 0 Å². The molecule has 8 nitrogen and oxygen atoms in total. The Morgan fingerprint density at radius 1 is 1.11 bits per heavy atom. The van der Waals surface area contributed by atoms with Crippen molar-refractivity contribution in [3.63, 3.8) is 0 Å². The average Bonchev–Trinajstić information content (AvgIpc) is 2.83. The van der Waals surface area contributed by atoms with Crippen molar-refractivity contribution in [2.75, 3.05) is 38.1 Å². The van der Waals surface area contributed by atoms with Gasteiger partial charge in [-0.2, -0.15) is 0 Å². The van der Waals surface area contributed by atoms with Crippen LogP contribution in [0.3, 0.4) is 0 Å². The number of nitrogens with zero attached hydrogens (tertiary/aromatic N) is 1. The molecule has 9 heteroatoms. The molecule has 1 saturated heterocycles. The molecule has 0 aliphatic carbocycles. The number of anilines is 1. The summed E-state index contributed by atoms with van der Waals surface area (Å²) in [7, 11) is -3.55. The molecule has 1 atom stereocenters. The lowest BCUT2D eigenvalue weighted by molar-refractivity contribution is -0.137. The second kappa shape index (κ2) is 12.6. The standard InChI is InChI=1S/C26H33N3O5S/c1-3-34-26(31)15-10-21-8-11-23(12-9-21)28-25(30)19-29-16-4-5-22(18-29)17-27-35(32,33)24-13-6-20(2)7-14-24/h6-15,22,27H,3-5,16-19H2,1-2H3,(H,28,30)/b15-10+. The van der Waals surface area contributed by atoms with Crippen LogP contribution in [0.4, 0.5) is 5.69 Å². The zero-order valence-corrected chi connectivity index (χ0v) is 21.0. The van der Waals surface area contributed by atoms with Crippen molar-refractivity contribution in [3.8, 4) is 0 Å². The van der Waals surface area contributed by atoms with Crippen LogP contribution in [0.15, 0.2) is 59.5 Å². The fourth-order valence-electron chi connectivity index (χ4n) is 3.93. The fourth-order valence-corrected chi connectivity index (χ4v) is 5.04. The summed E-state index contributed by atoms with van der Waals surface area (Å²) in [5, 5.41) is 2.89. The maximum absolute atomic E-state index is 12.6. The molecule has 0 aromatic heterocycles. The molecule has 3 rings (SSSR count). The number of sulfonamides is 1. The highest BCUT2D eigenvalue weighted by atomic mass is 32.2. The number of esters is 1. The van der Waals surface area contributed by atoms with E-state index in [-0.39, 0.29) is 23.3 Å². The third-order valence-corrected chi connectivity index (χ3v) is 7.20. The number of benzene rings is 2. The third kappa shape index (κ3) is 8.61. The minimum atomic E-state index is -3.55. The largest absolute Gasteiger partial charge is 0.463 e. The van der Waals surface area contributed by atoms with Crippen molar-refractivity contribution in [1.29, 1.82) is 0 Å². The third-order valence-electron chi connectivity index (χ3n) is 5.76. The summed E-state index contributed by atoms with van der Waals surface area (Å²) in [6.45, 7) is 6.03. The normalized spacial score (nSPS) is 16.8. The van der Waals surface area contributed by atoms with Gasteiger partial charge in [0.2, 0.25) is 15.9 Å². The summed E-state index contributed by atoms with van der Waals surface area (Å²) in [5.41, 5.74) is 2.50. The van der Waals surface area contributed by atoms with Gasteiger partial charge in [-0.25, -0.2) is 17.9 Å². The van der Waals surface area contributed by atoms with Gasteiger partial charge in [0, 0.05) is 24.9 Å². The van der Waals surface area contributed by atoms with Crippen molar-refractivity contribution in [2.45, 2.75) is 31.6 Å². The van der Waals surface area contributed by atoms with Gasteiger partial charge in [-0.15, -0.1) is 0 Å². The summed E-state index contributed by atoms with van der Waals surface area (Å²) in [4.78, 5) is 26.3. The van der Waals surface area contributed by atoms with Crippen molar-refractivity contribution in [3.05, 3.63) is 65.7 Å². The SMILES string of the molecule is CCOC(=O)/C=C/c1ccc(NC(=O)CN2CCCC(CNS(=O)(=O)c3ccc(C)cc3)C2)cc1. The van der Waals surface area contributed by atoms with E-state index in [2.05, 4.69) is 14.9 Å². The molecule has 2 N–H and O–H groups in total. The van der Waals surface area contributed by atoms with Crippen LogP contribution in [-0.2, 0) is 24.3 Å². The number of piperidine rings is 1. The summed E-state index contributed by atoms with van der Waals surface area (Å²) in [5.74, 6) is -0.379. The highest BCUT2D eigenvalue weighted by Crippen LogP contribution is 2.18. The van der Waals surface area contributed by atoms with E-state index >= 15 is 0 Å². The van der Waals surface area contributed by atoms with Gasteiger partial charge in [-0.1, -0.05) is 29.8 Å². The van der Waals surface area contributed by atoms with E-state index in [9.17, 15) is 18.0 Å². The molecule has 0 bridgehead atoms. The number of carbonyl (C=O) groups excluding carboxylic acids is 2. The Balaban J connectivity index is 1.46. The molecule has 1 unspecified atom stereocenters. The Labute approximate surface area is 207 Å². The van der Waals surface area contributed by atoms with Crippen LogP contribution in [0.1, 0.15) is 30.9 Å². The first-order valence-electron chi connectivity index (χ1n) is 11.8. The van der Waals surface area contributed by atoms with Crippen molar-refractivity contribution >= 4 is 33.7 Å². The van der Waals surface area contributed by atoms with Crippen LogP contribution in [0.5, 0.6) is 0 Å². The van der Waals surface area contributed by atoms with E-state index in [0.29, 0.717) is 25.4 Å². The van der Waals surface area contributed by atoms with Gasteiger partial charge in [0.25, 0.3) is 0 Å². The molecule has 188 valence electrons.